The van der Waals surface area contributed by atoms with Gasteiger partial charge in [-0.1, -0.05) is 19.1 Å². The molecule has 2 aliphatic rings. The zero-order valence-corrected chi connectivity index (χ0v) is 18.6. The number of rotatable bonds is 5. The number of oxazole rings is 1. The number of hydrogen-bond acceptors (Lipinski definition) is 5. The quantitative estimate of drug-likeness (QED) is 0.760. The summed E-state index contributed by atoms with van der Waals surface area (Å²) in [4.78, 5) is 22.2. The summed E-state index contributed by atoms with van der Waals surface area (Å²) in [5.41, 5.74) is 1.72. The van der Waals surface area contributed by atoms with E-state index in [1.165, 1.54) is 0 Å². The van der Waals surface area contributed by atoms with Crippen molar-refractivity contribution in [1.82, 2.24) is 15.2 Å². The van der Waals surface area contributed by atoms with Crippen LogP contribution in [-0.2, 0) is 4.79 Å². The van der Waals surface area contributed by atoms with Crippen molar-refractivity contribution in [3.8, 4) is 0 Å². The Kier molecular flexibility index (Phi) is 9.05. The van der Waals surface area contributed by atoms with Crippen LogP contribution in [0.1, 0.15) is 39.0 Å². The fourth-order valence-corrected chi connectivity index (χ4v) is 4.38. The highest BCUT2D eigenvalue weighted by Gasteiger charge is 2.33. The smallest absolute Gasteiger partial charge is 0.298 e. The van der Waals surface area contributed by atoms with Crippen molar-refractivity contribution < 1.29 is 9.21 Å². The second kappa shape index (κ2) is 11.0. The van der Waals surface area contributed by atoms with E-state index in [0.29, 0.717) is 18.0 Å². The molecule has 3 heterocycles. The molecule has 2 aromatic rings. The van der Waals surface area contributed by atoms with Crippen LogP contribution in [0.3, 0.4) is 0 Å². The molecule has 0 spiro atoms. The van der Waals surface area contributed by atoms with Gasteiger partial charge in [0.25, 0.3) is 6.01 Å². The van der Waals surface area contributed by atoms with E-state index in [1.54, 1.807) is 0 Å². The molecular weight excluding hydrogens is 411 g/mol. The van der Waals surface area contributed by atoms with Crippen LogP contribution in [0.15, 0.2) is 28.7 Å². The molecule has 1 amide bonds. The third kappa shape index (κ3) is 5.36. The second-order valence-corrected chi connectivity index (χ2v) is 7.74. The lowest BCUT2D eigenvalue weighted by molar-refractivity contribution is -0.139. The van der Waals surface area contributed by atoms with Crippen LogP contribution in [0.2, 0.25) is 0 Å². The van der Waals surface area contributed by atoms with Crippen molar-refractivity contribution >= 4 is 47.8 Å². The largest absolute Gasteiger partial charge is 0.423 e. The number of amides is 1. The van der Waals surface area contributed by atoms with Crippen LogP contribution in [0.5, 0.6) is 0 Å². The molecule has 0 bridgehead atoms. The summed E-state index contributed by atoms with van der Waals surface area (Å²) in [5.74, 6) is 0.494. The summed E-state index contributed by atoms with van der Waals surface area (Å²) < 4.78 is 5.90. The van der Waals surface area contributed by atoms with E-state index < -0.39 is 0 Å². The molecule has 0 atom stereocenters. The van der Waals surface area contributed by atoms with Crippen LogP contribution < -0.4 is 10.2 Å². The van der Waals surface area contributed by atoms with Gasteiger partial charge in [-0.2, -0.15) is 4.98 Å². The van der Waals surface area contributed by atoms with Gasteiger partial charge in [-0.25, -0.2) is 0 Å². The number of carbonyl (C=O) groups excluding carboxylic acids is 1. The molecule has 162 valence electrons. The first kappa shape index (κ1) is 23.8. The molecule has 29 heavy (non-hydrogen) atoms. The molecule has 2 saturated heterocycles. The summed E-state index contributed by atoms with van der Waals surface area (Å²) in [6.45, 7) is 6.75. The van der Waals surface area contributed by atoms with E-state index in [4.69, 9.17) is 4.42 Å². The Hall–Kier alpha value is -1.50. The van der Waals surface area contributed by atoms with Gasteiger partial charge in [-0.3, -0.25) is 4.79 Å². The van der Waals surface area contributed by atoms with E-state index in [9.17, 15) is 4.79 Å². The Morgan fingerprint density at radius 2 is 1.86 bits per heavy atom. The molecule has 0 saturated carbocycles. The van der Waals surface area contributed by atoms with Crippen molar-refractivity contribution in [2.45, 2.75) is 45.1 Å². The number of fused-ring (bicyclic) bond motifs is 1. The average Bonchev–Trinajstić information content (AvgIpc) is 3.16. The van der Waals surface area contributed by atoms with Gasteiger partial charge in [0.1, 0.15) is 5.52 Å². The summed E-state index contributed by atoms with van der Waals surface area (Å²) >= 11 is 0. The van der Waals surface area contributed by atoms with Crippen molar-refractivity contribution in [3.63, 3.8) is 0 Å². The van der Waals surface area contributed by atoms with Crippen LogP contribution in [-0.4, -0.2) is 54.6 Å². The minimum absolute atomic E-state index is 0. The number of benzene rings is 1. The molecule has 0 radical (unpaired) electrons. The summed E-state index contributed by atoms with van der Waals surface area (Å²) in [5, 5.41) is 3.40. The standard InChI is InChI=1S/C21H30N4O2.2ClH/c1-2-13-25(17-7-11-22-12-8-17)20(26)16-9-14-24(15-10-16)21-23-18-5-3-4-6-19(18)27-21;;/h3-6,16-17,22H,2,7-15H2,1H3;2*1H. The minimum Gasteiger partial charge on any atom is -0.423 e. The number of halogens is 2. The van der Waals surface area contributed by atoms with Crippen molar-refractivity contribution in [1.29, 1.82) is 0 Å². The lowest BCUT2D eigenvalue weighted by atomic mass is 9.93. The third-order valence-electron chi connectivity index (χ3n) is 5.89. The van der Waals surface area contributed by atoms with Crippen LogP contribution >= 0.6 is 24.8 Å². The molecule has 2 fully saturated rings. The third-order valence-corrected chi connectivity index (χ3v) is 5.89. The summed E-state index contributed by atoms with van der Waals surface area (Å²) in [7, 11) is 0. The number of hydrogen-bond donors (Lipinski definition) is 1. The Balaban J connectivity index is 0.00000150. The van der Waals surface area contributed by atoms with E-state index in [2.05, 4.69) is 27.0 Å². The van der Waals surface area contributed by atoms with Crippen LogP contribution in [0.25, 0.3) is 11.1 Å². The van der Waals surface area contributed by atoms with Crippen molar-refractivity contribution in [3.05, 3.63) is 24.3 Å². The number of nitrogens with one attached hydrogen (secondary N) is 1. The van der Waals surface area contributed by atoms with Gasteiger partial charge >= 0.3 is 0 Å². The molecule has 1 aromatic heterocycles. The van der Waals surface area contributed by atoms with Gasteiger partial charge in [0, 0.05) is 31.6 Å². The lowest BCUT2D eigenvalue weighted by Gasteiger charge is -2.39. The zero-order valence-electron chi connectivity index (χ0n) is 17.0. The molecule has 2 aliphatic heterocycles. The lowest BCUT2D eigenvalue weighted by Crippen LogP contribution is -2.50. The fraction of sp³-hybridized carbons (Fsp3) is 0.619. The van der Waals surface area contributed by atoms with Gasteiger partial charge in [0.15, 0.2) is 5.58 Å². The maximum Gasteiger partial charge on any atom is 0.298 e. The molecule has 0 unspecified atom stereocenters. The Labute approximate surface area is 185 Å². The summed E-state index contributed by atoms with van der Waals surface area (Å²) in [6, 6.07) is 8.96. The average molecular weight is 443 g/mol. The predicted molar refractivity (Wildman–Crippen MR) is 121 cm³/mol. The molecule has 1 aromatic carbocycles. The number of para-hydroxylation sites is 2. The van der Waals surface area contributed by atoms with Gasteiger partial charge in [-0.05, 0) is 57.3 Å². The normalized spacial score (nSPS) is 18.2. The molecule has 8 heteroatoms. The van der Waals surface area contributed by atoms with Crippen LogP contribution in [0.4, 0.5) is 6.01 Å². The second-order valence-electron chi connectivity index (χ2n) is 7.74. The van der Waals surface area contributed by atoms with Crippen LogP contribution in [0, 0.1) is 5.92 Å². The molecular formula is C21H32Cl2N4O2. The number of carbonyl (C=O) groups is 1. The van der Waals surface area contributed by atoms with Crippen molar-refractivity contribution in [2.75, 3.05) is 37.6 Å². The molecule has 6 nitrogen and oxygen atoms in total. The highest BCUT2D eigenvalue weighted by Crippen LogP contribution is 2.28. The van der Waals surface area contributed by atoms with Gasteiger partial charge in [0.05, 0.1) is 0 Å². The zero-order chi connectivity index (χ0) is 18.6. The first-order valence-corrected chi connectivity index (χ1v) is 10.4. The maximum absolute atomic E-state index is 13.2. The molecule has 0 aliphatic carbocycles. The topological polar surface area (TPSA) is 61.6 Å². The van der Waals surface area contributed by atoms with E-state index in [1.807, 2.05) is 24.3 Å². The van der Waals surface area contributed by atoms with Gasteiger partial charge in [0.2, 0.25) is 5.91 Å². The molecule has 4 rings (SSSR count). The number of aromatic nitrogens is 1. The maximum atomic E-state index is 13.2. The highest BCUT2D eigenvalue weighted by atomic mass is 35.5. The highest BCUT2D eigenvalue weighted by molar-refractivity contribution is 5.85. The fourth-order valence-electron chi connectivity index (χ4n) is 4.38. The van der Waals surface area contributed by atoms with Gasteiger partial charge in [-0.15, -0.1) is 24.8 Å². The first-order valence-electron chi connectivity index (χ1n) is 10.4. The van der Waals surface area contributed by atoms with E-state index in [-0.39, 0.29) is 30.7 Å². The van der Waals surface area contributed by atoms with Crippen molar-refractivity contribution in [2.24, 2.45) is 5.92 Å². The SMILES string of the molecule is CCCN(C(=O)C1CCN(c2nc3ccccc3o2)CC1)C1CCNCC1.Cl.Cl. The minimum atomic E-state index is 0. The predicted octanol–water partition coefficient (Wildman–Crippen LogP) is 3.88. The van der Waals surface area contributed by atoms with E-state index >= 15 is 0 Å². The number of nitrogens with zero attached hydrogens (tertiary/aromatic N) is 3. The van der Waals surface area contributed by atoms with E-state index in [0.717, 1.165) is 75.9 Å². The monoisotopic (exact) mass is 442 g/mol. The number of anilines is 1. The Morgan fingerprint density at radius 3 is 2.52 bits per heavy atom. The van der Waals surface area contributed by atoms with Gasteiger partial charge < -0.3 is 19.5 Å². The Morgan fingerprint density at radius 1 is 1.17 bits per heavy atom. The first-order chi connectivity index (χ1) is 13.3. The number of piperidine rings is 2. The molecule has 1 N–H and O–H groups in total. The Bertz CT molecular complexity index is 738. The summed E-state index contributed by atoms with van der Waals surface area (Å²) in [6.07, 6.45) is 4.93.